The Kier molecular flexibility index (Phi) is 4.02. The minimum Gasteiger partial charge on any atom is -0.291 e. The molecule has 0 aliphatic rings. The van der Waals surface area contributed by atoms with Crippen molar-refractivity contribution in [3.8, 4) is 0 Å². The minimum absolute atomic E-state index is 0.201. The van der Waals surface area contributed by atoms with Gasteiger partial charge in [-0.1, -0.05) is 35.4 Å². The lowest BCUT2D eigenvalue weighted by molar-refractivity contribution is 0.470. The van der Waals surface area contributed by atoms with Crippen molar-refractivity contribution in [3.63, 3.8) is 0 Å². The molecule has 0 saturated carbocycles. The zero-order valence-electron chi connectivity index (χ0n) is 13.4. The topological polar surface area (TPSA) is 96.5 Å². The monoisotopic (exact) mass is 320 g/mol. The van der Waals surface area contributed by atoms with Gasteiger partial charge in [0.05, 0.1) is 11.9 Å². The van der Waals surface area contributed by atoms with Crippen molar-refractivity contribution in [2.45, 2.75) is 25.9 Å². The summed E-state index contributed by atoms with van der Waals surface area (Å²) in [6.45, 7) is 3.80. The summed E-state index contributed by atoms with van der Waals surface area (Å²) in [5, 5.41) is 4.25. The van der Waals surface area contributed by atoms with Crippen LogP contribution in [-0.2, 0) is 12.1 Å². The van der Waals surface area contributed by atoms with Gasteiger partial charge in [-0.15, -0.1) is 0 Å². The molecule has 1 aromatic carbocycles. The van der Waals surface area contributed by atoms with Crippen LogP contribution in [-0.4, -0.2) is 14.5 Å². The lowest BCUT2D eigenvalue weighted by Gasteiger charge is -2.22. The van der Waals surface area contributed by atoms with Crippen LogP contribution in [0.15, 0.2) is 58.6 Å². The first-order chi connectivity index (χ1) is 11.5. The second-order valence-corrected chi connectivity index (χ2v) is 5.94. The minimum atomic E-state index is -0.978. The molecule has 0 spiro atoms. The maximum absolute atomic E-state index is 13.0. The van der Waals surface area contributed by atoms with Crippen LogP contribution >= 0.6 is 0 Å². The molecule has 7 heteroatoms. The Morgan fingerprint density at radius 1 is 1.21 bits per heavy atom. The molecule has 3 rings (SSSR count). The van der Waals surface area contributed by atoms with Crippen LogP contribution in [0, 0.1) is 0 Å². The van der Waals surface area contributed by atoms with Crippen LogP contribution in [0.25, 0.3) is 21.5 Å². The van der Waals surface area contributed by atoms with Crippen LogP contribution in [0.3, 0.4) is 0 Å². The van der Waals surface area contributed by atoms with Crippen LogP contribution in [0.4, 0.5) is 0 Å². The summed E-state index contributed by atoms with van der Waals surface area (Å²) in [6.07, 6.45) is 1.58. The van der Waals surface area contributed by atoms with Gasteiger partial charge in [0.1, 0.15) is 11.4 Å². The second-order valence-electron chi connectivity index (χ2n) is 5.94. The maximum atomic E-state index is 13.0. The summed E-state index contributed by atoms with van der Waals surface area (Å²) in [6, 6.07) is 13.0. The largest absolute Gasteiger partial charge is 0.291 e. The SMILES string of the molecule is CC(C)(N=[N+]=[N-])c1nc2ncccc2c(=O)n1Cc1ccccc1. The average molecular weight is 320 g/mol. The van der Waals surface area contributed by atoms with Gasteiger partial charge in [-0.3, -0.25) is 9.36 Å². The van der Waals surface area contributed by atoms with Crippen LogP contribution < -0.4 is 5.56 Å². The van der Waals surface area contributed by atoms with Gasteiger partial charge in [0.15, 0.2) is 5.65 Å². The fraction of sp³-hybridized carbons (Fsp3) is 0.235. The third-order valence-electron chi connectivity index (χ3n) is 3.76. The van der Waals surface area contributed by atoms with E-state index < -0.39 is 5.54 Å². The third kappa shape index (κ3) is 2.85. The highest BCUT2D eigenvalue weighted by molar-refractivity contribution is 5.73. The molecular weight excluding hydrogens is 304 g/mol. The number of hydrogen-bond donors (Lipinski definition) is 0. The van der Waals surface area contributed by atoms with Crippen molar-refractivity contribution in [2.75, 3.05) is 0 Å². The van der Waals surface area contributed by atoms with Gasteiger partial charge in [-0.25, -0.2) is 9.97 Å². The molecule has 0 atom stereocenters. The predicted octanol–water partition coefficient (Wildman–Crippen LogP) is 3.39. The molecule has 120 valence electrons. The fourth-order valence-corrected chi connectivity index (χ4v) is 2.59. The smallest absolute Gasteiger partial charge is 0.263 e. The van der Waals surface area contributed by atoms with Crippen LogP contribution in [0.1, 0.15) is 25.2 Å². The first-order valence-corrected chi connectivity index (χ1v) is 7.49. The first kappa shape index (κ1) is 15.7. The predicted molar refractivity (Wildman–Crippen MR) is 91.5 cm³/mol. The molecule has 0 radical (unpaired) electrons. The third-order valence-corrected chi connectivity index (χ3v) is 3.76. The molecule has 7 nitrogen and oxygen atoms in total. The maximum Gasteiger partial charge on any atom is 0.263 e. The van der Waals surface area contributed by atoms with Crippen molar-refractivity contribution >= 4 is 11.0 Å². The number of nitrogens with zero attached hydrogens (tertiary/aromatic N) is 6. The zero-order valence-corrected chi connectivity index (χ0v) is 13.4. The molecule has 0 aliphatic heterocycles. The zero-order chi connectivity index (χ0) is 17.2. The molecule has 0 amide bonds. The van der Waals surface area contributed by atoms with Gasteiger partial charge in [0, 0.05) is 11.1 Å². The van der Waals surface area contributed by atoms with E-state index in [2.05, 4.69) is 20.0 Å². The number of rotatable bonds is 4. The Balaban J connectivity index is 2.29. The van der Waals surface area contributed by atoms with Crippen molar-refractivity contribution in [1.82, 2.24) is 14.5 Å². The van der Waals surface area contributed by atoms with E-state index in [0.29, 0.717) is 23.4 Å². The van der Waals surface area contributed by atoms with Gasteiger partial charge < -0.3 is 0 Å². The van der Waals surface area contributed by atoms with Gasteiger partial charge in [-0.2, -0.15) is 0 Å². The van der Waals surface area contributed by atoms with E-state index in [1.54, 1.807) is 36.7 Å². The first-order valence-electron chi connectivity index (χ1n) is 7.49. The van der Waals surface area contributed by atoms with E-state index in [4.69, 9.17) is 5.53 Å². The summed E-state index contributed by atoms with van der Waals surface area (Å²) in [5.41, 5.74) is 8.99. The van der Waals surface area contributed by atoms with Gasteiger partial charge in [0.2, 0.25) is 0 Å². The molecule has 0 fully saturated rings. The number of fused-ring (bicyclic) bond motifs is 1. The molecule has 0 N–H and O–H groups in total. The summed E-state index contributed by atoms with van der Waals surface area (Å²) < 4.78 is 1.55. The van der Waals surface area contributed by atoms with Gasteiger partial charge in [0.25, 0.3) is 5.56 Å². The fourth-order valence-electron chi connectivity index (χ4n) is 2.59. The van der Waals surface area contributed by atoms with Crippen LogP contribution in [0.5, 0.6) is 0 Å². The van der Waals surface area contributed by atoms with Crippen molar-refractivity contribution in [2.24, 2.45) is 5.11 Å². The quantitative estimate of drug-likeness (QED) is 0.418. The standard InChI is InChI=1S/C17H16N6O/c1-17(2,21-22-18)16-20-14-13(9-6-10-19-14)15(24)23(16)11-12-7-4-3-5-8-12/h3-10H,11H2,1-2H3. The molecule has 0 bridgehead atoms. The molecule has 24 heavy (non-hydrogen) atoms. The molecule has 2 aromatic heterocycles. The number of hydrogen-bond acceptors (Lipinski definition) is 4. The van der Waals surface area contributed by atoms with Gasteiger partial charge >= 0.3 is 0 Å². The Labute approximate surface area is 138 Å². The molecule has 0 aliphatic carbocycles. The number of benzene rings is 1. The second kappa shape index (κ2) is 6.14. The lowest BCUT2D eigenvalue weighted by Crippen LogP contribution is -2.32. The molecule has 2 heterocycles. The summed E-state index contributed by atoms with van der Waals surface area (Å²) in [7, 11) is 0. The van der Waals surface area contributed by atoms with E-state index in [9.17, 15) is 4.79 Å². The van der Waals surface area contributed by atoms with Gasteiger partial charge in [-0.05, 0) is 37.1 Å². The number of aromatic nitrogens is 3. The lowest BCUT2D eigenvalue weighted by atomic mass is 10.0. The molecule has 0 unspecified atom stereocenters. The highest BCUT2D eigenvalue weighted by atomic mass is 16.1. The van der Waals surface area contributed by atoms with E-state index in [1.807, 2.05) is 30.3 Å². The normalized spacial score (nSPS) is 11.2. The Morgan fingerprint density at radius 3 is 2.67 bits per heavy atom. The van der Waals surface area contributed by atoms with Crippen LogP contribution in [0.2, 0.25) is 0 Å². The molecular formula is C17H16N6O. The van der Waals surface area contributed by atoms with Crippen molar-refractivity contribution in [3.05, 3.63) is 80.8 Å². The van der Waals surface area contributed by atoms with E-state index in [0.717, 1.165) is 5.56 Å². The van der Waals surface area contributed by atoms with E-state index in [1.165, 1.54) is 0 Å². The molecule has 0 saturated heterocycles. The van der Waals surface area contributed by atoms with Crippen molar-refractivity contribution < 1.29 is 0 Å². The Morgan fingerprint density at radius 2 is 1.96 bits per heavy atom. The number of pyridine rings is 1. The highest BCUT2D eigenvalue weighted by Crippen LogP contribution is 2.24. The Hall–Kier alpha value is -3.18. The summed E-state index contributed by atoms with van der Waals surface area (Å²) in [5.74, 6) is 0.389. The summed E-state index contributed by atoms with van der Waals surface area (Å²) >= 11 is 0. The molecule has 3 aromatic rings. The average Bonchev–Trinajstić information content (AvgIpc) is 2.58. The van der Waals surface area contributed by atoms with E-state index in [-0.39, 0.29) is 5.56 Å². The van der Waals surface area contributed by atoms with E-state index >= 15 is 0 Å². The Bertz CT molecular complexity index is 987. The number of azide groups is 1. The van der Waals surface area contributed by atoms with Crippen molar-refractivity contribution in [1.29, 1.82) is 0 Å². The summed E-state index contributed by atoms with van der Waals surface area (Å²) in [4.78, 5) is 24.5. The highest BCUT2D eigenvalue weighted by Gasteiger charge is 2.26.